The van der Waals surface area contributed by atoms with E-state index in [1.165, 1.54) is 18.4 Å². The molecule has 1 aliphatic rings. The lowest BCUT2D eigenvalue weighted by Crippen LogP contribution is -2.39. The van der Waals surface area contributed by atoms with Crippen LogP contribution in [0.5, 0.6) is 0 Å². The molecular weight excluding hydrogens is 268 g/mol. The molecule has 1 aromatic rings. The highest BCUT2D eigenvalue weighted by Gasteiger charge is 2.21. The Balaban J connectivity index is 1.97. The van der Waals surface area contributed by atoms with Crippen molar-refractivity contribution < 1.29 is 4.74 Å². The van der Waals surface area contributed by atoms with Gasteiger partial charge in [-0.3, -0.25) is 4.90 Å². The molecule has 0 saturated carbocycles. The molecule has 3 nitrogen and oxygen atoms in total. The molecule has 0 radical (unpaired) electrons. The smallest absolute Gasteiger partial charge is 0.104 e. The first-order chi connectivity index (χ1) is 9.70. The van der Waals surface area contributed by atoms with E-state index >= 15 is 0 Å². The number of hydrogen-bond acceptors (Lipinski definition) is 3. The minimum Gasteiger partial charge on any atom is -0.389 e. The number of benzene rings is 1. The van der Waals surface area contributed by atoms with Gasteiger partial charge in [-0.15, -0.1) is 0 Å². The SMILES string of the molecule is CCCOC1CCCN(Cc2ccccc2C(N)=S)C1. The normalized spacial score (nSPS) is 19.9. The van der Waals surface area contributed by atoms with Gasteiger partial charge in [0, 0.05) is 25.3 Å². The van der Waals surface area contributed by atoms with Gasteiger partial charge in [0.1, 0.15) is 4.99 Å². The molecule has 2 N–H and O–H groups in total. The molecule has 1 atom stereocenters. The number of nitrogens with two attached hydrogens (primary N) is 1. The Morgan fingerprint density at radius 3 is 3.00 bits per heavy atom. The molecule has 0 amide bonds. The van der Waals surface area contributed by atoms with Crippen molar-refractivity contribution in [3.63, 3.8) is 0 Å². The van der Waals surface area contributed by atoms with E-state index in [0.29, 0.717) is 11.1 Å². The summed E-state index contributed by atoms with van der Waals surface area (Å²) in [5, 5.41) is 0. The van der Waals surface area contributed by atoms with Crippen molar-refractivity contribution in [3.8, 4) is 0 Å². The number of piperidine rings is 1. The zero-order valence-electron chi connectivity index (χ0n) is 12.2. The van der Waals surface area contributed by atoms with Gasteiger partial charge in [0.05, 0.1) is 6.10 Å². The first-order valence-electron chi connectivity index (χ1n) is 7.42. The van der Waals surface area contributed by atoms with Crippen molar-refractivity contribution in [2.45, 2.75) is 38.8 Å². The van der Waals surface area contributed by atoms with Crippen molar-refractivity contribution in [2.75, 3.05) is 19.7 Å². The lowest BCUT2D eigenvalue weighted by atomic mass is 10.0. The minimum absolute atomic E-state index is 0.376. The van der Waals surface area contributed by atoms with Gasteiger partial charge in [-0.2, -0.15) is 0 Å². The highest BCUT2D eigenvalue weighted by molar-refractivity contribution is 7.80. The minimum atomic E-state index is 0.376. The van der Waals surface area contributed by atoms with Gasteiger partial charge in [-0.1, -0.05) is 43.4 Å². The molecule has 1 aromatic carbocycles. The fraction of sp³-hybridized carbons (Fsp3) is 0.562. The van der Waals surface area contributed by atoms with E-state index in [1.807, 2.05) is 18.2 Å². The first kappa shape index (κ1) is 15.4. The molecule has 2 rings (SSSR count). The molecule has 1 fully saturated rings. The van der Waals surface area contributed by atoms with Gasteiger partial charge in [0.2, 0.25) is 0 Å². The molecule has 0 aromatic heterocycles. The van der Waals surface area contributed by atoms with Gasteiger partial charge in [-0.25, -0.2) is 0 Å². The Bertz CT molecular complexity index is 450. The summed E-state index contributed by atoms with van der Waals surface area (Å²) < 4.78 is 5.89. The maximum Gasteiger partial charge on any atom is 0.104 e. The van der Waals surface area contributed by atoms with E-state index < -0.39 is 0 Å². The number of likely N-dealkylation sites (tertiary alicyclic amines) is 1. The molecule has 0 aliphatic carbocycles. The fourth-order valence-electron chi connectivity index (χ4n) is 2.72. The summed E-state index contributed by atoms with van der Waals surface area (Å²) in [6, 6.07) is 8.16. The van der Waals surface area contributed by atoms with Crippen LogP contribution in [0.4, 0.5) is 0 Å². The summed E-state index contributed by atoms with van der Waals surface area (Å²) in [6.07, 6.45) is 3.83. The maximum absolute atomic E-state index is 5.89. The van der Waals surface area contributed by atoms with Crippen LogP contribution in [0.1, 0.15) is 37.3 Å². The molecule has 0 bridgehead atoms. The molecule has 20 heavy (non-hydrogen) atoms. The number of nitrogens with zero attached hydrogens (tertiary/aromatic N) is 1. The number of rotatable bonds is 6. The van der Waals surface area contributed by atoms with E-state index in [9.17, 15) is 0 Å². The average molecular weight is 292 g/mol. The lowest BCUT2D eigenvalue weighted by Gasteiger charge is -2.33. The van der Waals surface area contributed by atoms with Crippen LogP contribution in [0.3, 0.4) is 0 Å². The van der Waals surface area contributed by atoms with Gasteiger partial charge in [-0.05, 0) is 31.4 Å². The average Bonchev–Trinajstić information content (AvgIpc) is 2.46. The van der Waals surface area contributed by atoms with Crippen molar-refractivity contribution in [1.82, 2.24) is 4.90 Å². The van der Waals surface area contributed by atoms with Crippen molar-refractivity contribution in [2.24, 2.45) is 5.73 Å². The summed E-state index contributed by atoms with van der Waals surface area (Å²) >= 11 is 5.13. The molecule has 110 valence electrons. The Kier molecular flexibility index (Phi) is 5.95. The highest BCUT2D eigenvalue weighted by atomic mass is 32.1. The largest absolute Gasteiger partial charge is 0.389 e. The number of ether oxygens (including phenoxy) is 1. The van der Waals surface area contributed by atoms with E-state index in [4.69, 9.17) is 22.7 Å². The zero-order valence-corrected chi connectivity index (χ0v) is 13.0. The van der Waals surface area contributed by atoms with Crippen molar-refractivity contribution >= 4 is 17.2 Å². The molecular formula is C16H24N2OS. The summed E-state index contributed by atoms with van der Waals surface area (Å²) in [7, 11) is 0. The van der Waals surface area contributed by atoms with E-state index in [1.54, 1.807) is 0 Å². The van der Waals surface area contributed by atoms with E-state index in [-0.39, 0.29) is 0 Å². The van der Waals surface area contributed by atoms with Gasteiger partial charge in [0.15, 0.2) is 0 Å². The summed E-state index contributed by atoms with van der Waals surface area (Å²) in [4.78, 5) is 2.93. The van der Waals surface area contributed by atoms with E-state index in [2.05, 4.69) is 17.9 Å². The molecule has 0 spiro atoms. The highest BCUT2D eigenvalue weighted by Crippen LogP contribution is 2.18. The topological polar surface area (TPSA) is 38.5 Å². The first-order valence-corrected chi connectivity index (χ1v) is 7.83. The van der Waals surface area contributed by atoms with Gasteiger partial charge >= 0.3 is 0 Å². The van der Waals surface area contributed by atoms with Gasteiger partial charge < -0.3 is 10.5 Å². The Hall–Kier alpha value is -0.970. The Morgan fingerprint density at radius 2 is 2.25 bits per heavy atom. The molecule has 1 aliphatic heterocycles. The third-order valence-electron chi connectivity index (χ3n) is 3.70. The number of thiocarbonyl (C=S) groups is 1. The summed E-state index contributed by atoms with van der Waals surface area (Å²) in [5.41, 5.74) is 8.02. The molecule has 4 heteroatoms. The summed E-state index contributed by atoms with van der Waals surface area (Å²) in [5.74, 6) is 0. The maximum atomic E-state index is 5.89. The summed E-state index contributed by atoms with van der Waals surface area (Å²) in [6.45, 7) is 6.05. The quantitative estimate of drug-likeness (QED) is 0.818. The van der Waals surface area contributed by atoms with Crippen molar-refractivity contribution in [1.29, 1.82) is 0 Å². The predicted molar refractivity (Wildman–Crippen MR) is 86.9 cm³/mol. The Labute approximate surface area is 127 Å². The third-order valence-corrected chi connectivity index (χ3v) is 3.92. The lowest BCUT2D eigenvalue weighted by molar-refractivity contribution is -0.00223. The standard InChI is InChI=1S/C16H24N2OS/c1-2-10-19-14-7-5-9-18(12-14)11-13-6-3-4-8-15(13)16(17)20/h3-4,6,8,14H,2,5,7,9-12H2,1H3,(H2,17,20). The predicted octanol–water partition coefficient (Wildman–Crippen LogP) is 2.71. The van der Waals surface area contributed by atoms with Crippen LogP contribution in [0, 0.1) is 0 Å². The molecule has 1 saturated heterocycles. The fourth-order valence-corrected chi connectivity index (χ4v) is 2.92. The van der Waals surface area contributed by atoms with Crippen LogP contribution in [0.2, 0.25) is 0 Å². The third kappa shape index (κ3) is 4.27. The van der Waals surface area contributed by atoms with Crippen LogP contribution >= 0.6 is 12.2 Å². The monoisotopic (exact) mass is 292 g/mol. The van der Waals surface area contributed by atoms with Crippen molar-refractivity contribution in [3.05, 3.63) is 35.4 Å². The van der Waals surface area contributed by atoms with Crippen LogP contribution in [0.25, 0.3) is 0 Å². The van der Waals surface area contributed by atoms with Crippen LogP contribution in [0.15, 0.2) is 24.3 Å². The van der Waals surface area contributed by atoms with Crippen LogP contribution < -0.4 is 5.73 Å². The molecule has 1 unspecified atom stereocenters. The Morgan fingerprint density at radius 1 is 1.45 bits per heavy atom. The second-order valence-corrected chi connectivity index (χ2v) is 5.83. The second-order valence-electron chi connectivity index (χ2n) is 5.39. The van der Waals surface area contributed by atoms with Crippen LogP contribution in [-0.2, 0) is 11.3 Å². The zero-order chi connectivity index (χ0) is 14.4. The number of hydrogen-bond donors (Lipinski definition) is 1. The second kappa shape index (κ2) is 7.72. The van der Waals surface area contributed by atoms with Crippen LogP contribution in [-0.4, -0.2) is 35.7 Å². The van der Waals surface area contributed by atoms with E-state index in [0.717, 1.165) is 38.2 Å². The molecule has 1 heterocycles. The van der Waals surface area contributed by atoms with Gasteiger partial charge in [0.25, 0.3) is 0 Å².